The number of anilines is 1. The Morgan fingerprint density at radius 1 is 1.50 bits per heavy atom. The number of aromatic carboxylic acids is 1. The van der Waals surface area contributed by atoms with Crippen molar-refractivity contribution in [2.24, 2.45) is 11.1 Å². The molecule has 2 atom stereocenters. The number of aryl methyl sites for hydroxylation is 1. The van der Waals surface area contributed by atoms with Gasteiger partial charge in [-0.1, -0.05) is 0 Å². The molecule has 1 fully saturated rings. The highest BCUT2D eigenvalue weighted by Crippen LogP contribution is 2.29. The minimum atomic E-state index is -0.987. The molecule has 2 rings (SSSR count). The van der Waals surface area contributed by atoms with Crippen molar-refractivity contribution in [1.29, 1.82) is 0 Å². The lowest BCUT2D eigenvalue weighted by Gasteiger charge is -2.25. The van der Waals surface area contributed by atoms with Gasteiger partial charge in [0.15, 0.2) is 0 Å². The molecule has 0 spiro atoms. The molecule has 0 saturated carbocycles. The van der Waals surface area contributed by atoms with E-state index in [0.717, 1.165) is 0 Å². The molecule has 0 bridgehead atoms. The Morgan fingerprint density at radius 3 is 2.70 bits per heavy atom. The summed E-state index contributed by atoms with van der Waals surface area (Å²) in [6.45, 7) is 4.09. The average Bonchev–Trinajstić information content (AvgIpc) is 2.70. The zero-order valence-electron chi connectivity index (χ0n) is 11.5. The van der Waals surface area contributed by atoms with Gasteiger partial charge in [-0.2, -0.15) is 0 Å². The number of carboxylic acids is 1. The third kappa shape index (κ3) is 2.52. The molecule has 2 unspecified atom stereocenters. The van der Waals surface area contributed by atoms with Crippen LogP contribution in [0.1, 0.15) is 22.8 Å². The first-order chi connectivity index (χ1) is 9.34. The van der Waals surface area contributed by atoms with Crippen LogP contribution in [0, 0.1) is 12.3 Å². The number of amides is 1. The normalized spacial score (nSPS) is 25.4. The van der Waals surface area contributed by atoms with Crippen molar-refractivity contribution in [3.63, 3.8) is 0 Å². The summed E-state index contributed by atoms with van der Waals surface area (Å²) >= 11 is 0. The molecule has 4 N–H and O–H groups in total. The second-order valence-corrected chi connectivity index (χ2v) is 5.33. The third-order valence-electron chi connectivity index (χ3n) is 3.75. The number of hydrogen-bond acceptors (Lipinski definition) is 4. The first kappa shape index (κ1) is 14.5. The standard InChI is InChI=1S/C14H18N2O4/c1-8-5-9(3-4-10(8)12(17)18)16-13(19)14(2)7-20-6-11(14)15/h3-5,11H,6-7,15H2,1-2H3,(H,16,19)(H,17,18). The molecule has 6 heteroatoms. The number of nitrogens with two attached hydrogens (primary N) is 1. The molecule has 1 aliphatic rings. The Morgan fingerprint density at radius 2 is 2.20 bits per heavy atom. The van der Waals surface area contributed by atoms with Gasteiger partial charge in [-0.3, -0.25) is 4.79 Å². The number of carboxylic acid groups (broad SMARTS) is 1. The van der Waals surface area contributed by atoms with E-state index in [0.29, 0.717) is 17.9 Å². The van der Waals surface area contributed by atoms with Crippen LogP contribution in [0.4, 0.5) is 5.69 Å². The summed E-state index contributed by atoms with van der Waals surface area (Å²) in [7, 11) is 0. The highest BCUT2D eigenvalue weighted by Gasteiger charge is 2.44. The van der Waals surface area contributed by atoms with E-state index in [-0.39, 0.29) is 24.1 Å². The zero-order chi connectivity index (χ0) is 14.9. The average molecular weight is 278 g/mol. The molecule has 1 amide bonds. The van der Waals surface area contributed by atoms with E-state index in [9.17, 15) is 9.59 Å². The molecule has 0 aromatic heterocycles. The highest BCUT2D eigenvalue weighted by atomic mass is 16.5. The van der Waals surface area contributed by atoms with Crippen molar-refractivity contribution in [2.45, 2.75) is 19.9 Å². The Kier molecular flexibility index (Phi) is 3.78. The quantitative estimate of drug-likeness (QED) is 0.765. The maximum Gasteiger partial charge on any atom is 0.335 e. The predicted molar refractivity (Wildman–Crippen MR) is 73.7 cm³/mol. The number of carbonyl (C=O) groups excluding carboxylic acids is 1. The third-order valence-corrected chi connectivity index (χ3v) is 3.75. The van der Waals surface area contributed by atoms with E-state index in [4.69, 9.17) is 15.6 Å². The van der Waals surface area contributed by atoms with Crippen molar-refractivity contribution >= 4 is 17.6 Å². The van der Waals surface area contributed by atoms with Gasteiger partial charge in [0.25, 0.3) is 0 Å². The molecule has 1 heterocycles. The summed E-state index contributed by atoms with van der Waals surface area (Å²) < 4.78 is 5.24. The lowest BCUT2D eigenvalue weighted by Crippen LogP contribution is -2.47. The molecule has 20 heavy (non-hydrogen) atoms. The summed E-state index contributed by atoms with van der Waals surface area (Å²) in [6, 6.07) is 4.33. The van der Waals surface area contributed by atoms with Crippen molar-refractivity contribution in [1.82, 2.24) is 0 Å². The fraction of sp³-hybridized carbons (Fsp3) is 0.429. The van der Waals surface area contributed by atoms with Crippen LogP contribution >= 0.6 is 0 Å². The number of benzene rings is 1. The van der Waals surface area contributed by atoms with Gasteiger partial charge < -0.3 is 20.9 Å². The minimum Gasteiger partial charge on any atom is -0.478 e. The second-order valence-electron chi connectivity index (χ2n) is 5.33. The van der Waals surface area contributed by atoms with Crippen LogP contribution in [-0.4, -0.2) is 36.2 Å². The molecule has 6 nitrogen and oxygen atoms in total. The van der Waals surface area contributed by atoms with Crippen molar-refractivity contribution < 1.29 is 19.4 Å². The topological polar surface area (TPSA) is 102 Å². The van der Waals surface area contributed by atoms with E-state index in [2.05, 4.69) is 5.32 Å². The molecular weight excluding hydrogens is 260 g/mol. The smallest absolute Gasteiger partial charge is 0.335 e. The van der Waals surface area contributed by atoms with Gasteiger partial charge in [0, 0.05) is 11.7 Å². The van der Waals surface area contributed by atoms with Gasteiger partial charge in [-0.15, -0.1) is 0 Å². The maximum atomic E-state index is 12.3. The Hall–Kier alpha value is -1.92. The molecule has 108 valence electrons. The zero-order valence-corrected chi connectivity index (χ0v) is 11.5. The van der Waals surface area contributed by atoms with Crippen molar-refractivity contribution in [3.05, 3.63) is 29.3 Å². The number of ether oxygens (including phenoxy) is 1. The SMILES string of the molecule is Cc1cc(NC(=O)C2(C)COCC2N)ccc1C(=O)O. The summed E-state index contributed by atoms with van der Waals surface area (Å²) in [6.07, 6.45) is 0. The van der Waals surface area contributed by atoms with Crippen LogP contribution in [0.25, 0.3) is 0 Å². The van der Waals surface area contributed by atoms with Crippen LogP contribution in [-0.2, 0) is 9.53 Å². The number of hydrogen-bond donors (Lipinski definition) is 3. The van der Waals surface area contributed by atoms with Gasteiger partial charge >= 0.3 is 5.97 Å². The summed E-state index contributed by atoms with van der Waals surface area (Å²) in [4.78, 5) is 23.2. The van der Waals surface area contributed by atoms with E-state index in [1.54, 1.807) is 26.0 Å². The molecule has 0 radical (unpaired) electrons. The van der Waals surface area contributed by atoms with Crippen LogP contribution < -0.4 is 11.1 Å². The van der Waals surface area contributed by atoms with Gasteiger partial charge in [0.1, 0.15) is 0 Å². The summed E-state index contributed by atoms with van der Waals surface area (Å²) in [5.41, 5.74) is 6.49. The fourth-order valence-corrected chi connectivity index (χ4v) is 2.18. The van der Waals surface area contributed by atoms with Crippen molar-refractivity contribution in [2.75, 3.05) is 18.5 Å². The van der Waals surface area contributed by atoms with Crippen LogP contribution in [0.5, 0.6) is 0 Å². The Labute approximate surface area is 116 Å². The van der Waals surface area contributed by atoms with Crippen LogP contribution in [0.3, 0.4) is 0 Å². The molecule has 1 saturated heterocycles. The predicted octanol–water partition coefficient (Wildman–Crippen LogP) is 0.996. The molecule has 1 aromatic carbocycles. The van der Waals surface area contributed by atoms with E-state index in [1.807, 2.05) is 0 Å². The summed E-state index contributed by atoms with van der Waals surface area (Å²) in [5.74, 6) is -1.21. The first-order valence-electron chi connectivity index (χ1n) is 6.33. The largest absolute Gasteiger partial charge is 0.478 e. The molecule has 1 aliphatic heterocycles. The molecule has 0 aliphatic carbocycles. The van der Waals surface area contributed by atoms with E-state index >= 15 is 0 Å². The first-order valence-corrected chi connectivity index (χ1v) is 6.33. The van der Waals surface area contributed by atoms with Gasteiger partial charge in [0.05, 0.1) is 24.2 Å². The lowest BCUT2D eigenvalue weighted by molar-refractivity contribution is -0.125. The van der Waals surface area contributed by atoms with Gasteiger partial charge in [-0.25, -0.2) is 4.79 Å². The van der Waals surface area contributed by atoms with Crippen LogP contribution in [0.2, 0.25) is 0 Å². The maximum absolute atomic E-state index is 12.3. The molecular formula is C14H18N2O4. The summed E-state index contributed by atoms with van der Waals surface area (Å²) in [5, 5.41) is 11.7. The Balaban J connectivity index is 2.16. The number of rotatable bonds is 3. The monoisotopic (exact) mass is 278 g/mol. The van der Waals surface area contributed by atoms with Crippen LogP contribution in [0.15, 0.2) is 18.2 Å². The van der Waals surface area contributed by atoms with Crippen molar-refractivity contribution in [3.8, 4) is 0 Å². The number of nitrogens with one attached hydrogen (secondary N) is 1. The van der Waals surface area contributed by atoms with E-state index in [1.165, 1.54) is 6.07 Å². The van der Waals surface area contributed by atoms with Gasteiger partial charge in [0.2, 0.25) is 5.91 Å². The minimum absolute atomic E-state index is 0.218. The lowest BCUT2D eigenvalue weighted by atomic mass is 9.85. The Bertz CT molecular complexity index is 558. The fourth-order valence-electron chi connectivity index (χ4n) is 2.18. The van der Waals surface area contributed by atoms with E-state index < -0.39 is 11.4 Å². The molecule has 1 aromatic rings. The highest BCUT2D eigenvalue weighted by molar-refractivity contribution is 5.97. The second kappa shape index (κ2) is 5.22. The van der Waals surface area contributed by atoms with Gasteiger partial charge in [-0.05, 0) is 37.6 Å². The number of carbonyl (C=O) groups is 2.